The maximum Gasteiger partial charge on any atom is 0.306 e. The van der Waals surface area contributed by atoms with Crippen LogP contribution in [0.5, 0.6) is 0 Å². The molecule has 0 rings (SSSR count). The van der Waals surface area contributed by atoms with Gasteiger partial charge in [-0.05, 0) is 19.3 Å². The van der Waals surface area contributed by atoms with Crippen LogP contribution in [-0.2, 0) is 28.6 Å². The van der Waals surface area contributed by atoms with Gasteiger partial charge in [-0.3, -0.25) is 14.4 Å². The van der Waals surface area contributed by atoms with Crippen molar-refractivity contribution in [2.45, 2.75) is 425 Å². The third-order valence-corrected chi connectivity index (χ3v) is 16.6. The summed E-state index contributed by atoms with van der Waals surface area (Å²) in [4.78, 5) is 38.3. The van der Waals surface area contributed by atoms with Crippen LogP contribution in [0.3, 0.4) is 0 Å². The maximum absolute atomic E-state index is 12.9. The van der Waals surface area contributed by atoms with E-state index in [4.69, 9.17) is 14.2 Å². The summed E-state index contributed by atoms with van der Waals surface area (Å²) in [7, 11) is 0. The van der Waals surface area contributed by atoms with Gasteiger partial charge in [-0.1, -0.05) is 380 Å². The van der Waals surface area contributed by atoms with Crippen molar-refractivity contribution in [1.82, 2.24) is 0 Å². The third-order valence-electron chi connectivity index (χ3n) is 16.6. The number of hydrogen-bond acceptors (Lipinski definition) is 6. The van der Waals surface area contributed by atoms with Crippen molar-refractivity contribution in [2.75, 3.05) is 13.2 Å². The number of carbonyl (C=O) groups excluding carboxylic acids is 3. The maximum atomic E-state index is 12.9. The summed E-state index contributed by atoms with van der Waals surface area (Å²) >= 11 is 0. The van der Waals surface area contributed by atoms with Gasteiger partial charge in [0.25, 0.3) is 0 Å². The average Bonchev–Trinajstić information content (AvgIpc) is 3.43. The lowest BCUT2D eigenvalue weighted by molar-refractivity contribution is -0.167. The molecule has 0 saturated heterocycles. The molecule has 77 heavy (non-hydrogen) atoms. The van der Waals surface area contributed by atoms with E-state index in [1.807, 2.05) is 0 Å². The van der Waals surface area contributed by atoms with Gasteiger partial charge in [-0.15, -0.1) is 0 Å². The zero-order valence-corrected chi connectivity index (χ0v) is 52.8. The summed E-state index contributed by atoms with van der Waals surface area (Å²) in [6.07, 6.45) is 78.6. The van der Waals surface area contributed by atoms with E-state index in [1.54, 1.807) is 0 Å². The van der Waals surface area contributed by atoms with E-state index < -0.39 is 6.10 Å². The predicted molar refractivity (Wildman–Crippen MR) is 335 cm³/mol. The summed E-state index contributed by atoms with van der Waals surface area (Å²) in [5.41, 5.74) is 0. The molecular weight excluding hydrogens is 949 g/mol. The first-order valence-corrected chi connectivity index (χ1v) is 35.5. The van der Waals surface area contributed by atoms with Gasteiger partial charge in [-0.25, -0.2) is 0 Å². The molecule has 0 aromatic heterocycles. The number of unbranched alkanes of at least 4 members (excludes halogenated alkanes) is 56. The second-order valence-corrected chi connectivity index (χ2v) is 24.5. The van der Waals surface area contributed by atoms with Crippen LogP contribution in [-0.4, -0.2) is 37.2 Å². The molecule has 0 aromatic rings. The molecule has 0 radical (unpaired) electrons. The van der Waals surface area contributed by atoms with Crippen molar-refractivity contribution in [3.63, 3.8) is 0 Å². The van der Waals surface area contributed by atoms with Gasteiger partial charge in [0.05, 0.1) is 0 Å². The van der Waals surface area contributed by atoms with E-state index in [0.29, 0.717) is 19.3 Å². The molecular formula is C71H138O6. The highest BCUT2D eigenvalue weighted by atomic mass is 16.6. The minimum Gasteiger partial charge on any atom is -0.462 e. The van der Waals surface area contributed by atoms with Crippen molar-refractivity contribution >= 4 is 17.9 Å². The van der Waals surface area contributed by atoms with E-state index in [1.165, 1.54) is 321 Å². The van der Waals surface area contributed by atoms with E-state index in [2.05, 4.69) is 20.8 Å². The highest BCUT2D eigenvalue weighted by Gasteiger charge is 2.19. The van der Waals surface area contributed by atoms with Gasteiger partial charge in [0, 0.05) is 19.3 Å². The van der Waals surface area contributed by atoms with Crippen molar-refractivity contribution in [2.24, 2.45) is 0 Å². The zero-order valence-electron chi connectivity index (χ0n) is 52.8. The summed E-state index contributed by atoms with van der Waals surface area (Å²) in [5, 5.41) is 0. The van der Waals surface area contributed by atoms with Crippen LogP contribution < -0.4 is 0 Å². The predicted octanol–water partition coefficient (Wildman–Crippen LogP) is 24.2. The molecule has 0 N–H and O–H groups in total. The summed E-state index contributed by atoms with van der Waals surface area (Å²) < 4.78 is 17.0. The lowest BCUT2D eigenvalue weighted by Crippen LogP contribution is -2.30. The second-order valence-electron chi connectivity index (χ2n) is 24.5. The van der Waals surface area contributed by atoms with Gasteiger partial charge in [0.2, 0.25) is 0 Å². The van der Waals surface area contributed by atoms with Gasteiger partial charge in [0.1, 0.15) is 13.2 Å². The topological polar surface area (TPSA) is 78.9 Å². The Labute approximate surface area is 482 Å². The molecule has 6 heteroatoms. The molecule has 0 fully saturated rings. The Bertz CT molecular complexity index is 1160. The number of rotatable bonds is 67. The van der Waals surface area contributed by atoms with E-state index in [9.17, 15) is 14.4 Å². The van der Waals surface area contributed by atoms with Crippen molar-refractivity contribution in [3.05, 3.63) is 0 Å². The Kier molecular flexibility index (Phi) is 65.5. The van der Waals surface area contributed by atoms with Gasteiger partial charge in [-0.2, -0.15) is 0 Å². The Morgan fingerprint density at radius 3 is 0.519 bits per heavy atom. The number of carbonyl (C=O) groups is 3. The molecule has 0 aromatic carbocycles. The summed E-state index contributed by atoms with van der Waals surface area (Å²) in [5.74, 6) is -0.823. The molecule has 0 heterocycles. The van der Waals surface area contributed by atoms with Crippen LogP contribution in [0.25, 0.3) is 0 Å². The number of hydrogen-bond donors (Lipinski definition) is 0. The molecule has 6 nitrogen and oxygen atoms in total. The van der Waals surface area contributed by atoms with Crippen molar-refractivity contribution in [3.8, 4) is 0 Å². The standard InChI is InChI=1S/C71H138O6/c1-4-7-10-13-16-19-22-24-26-28-30-32-33-34-35-36-37-38-39-41-42-44-46-49-52-55-58-61-64-70(73)76-67-68(66-75-69(72)63-60-57-54-51-48-21-18-15-12-9-6-3)77-71(74)65-62-59-56-53-50-47-45-43-40-31-29-27-25-23-20-17-14-11-8-5-2/h68H,4-67H2,1-3H3. The van der Waals surface area contributed by atoms with Crippen molar-refractivity contribution in [1.29, 1.82) is 0 Å². The Hall–Kier alpha value is -1.59. The molecule has 458 valence electrons. The molecule has 0 aliphatic rings. The number of esters is 3. The first kappa shape index (κ1) is 75.4. The van der Waals surface area contributed by atoms with Crippen LogP contribution in [0.4, 0.5) is 0 Å². The highest BCUT2D eigenvalue weighted by Crippen LogP contribution is 2.19. The van der Waals surface area contributed by atoms with Gasteiger partial charge >= 0.3 is 17.9 Å². The summed E-state index contributed by atoms with van der Waals surface area (Å²) in [6, 6.07) is 0. The Balaban J connectivity index is 4.11. The average molecular weight is 1090 g/mol. The van der Waals surface area contributed by atoms with Gasteiger partial charge < -0.3 is 14.2 Å². The second kappa shape index (κ2) is 66.9. The molecule has 1 atom stereocenters. The highest BCUT2D eigenvalue weighted by molar-refractivity contribution is 5.71. The van der Waals surface area contributed by atoms with E-state index in [0.717, 1.165) is 57.8 Å². The van der Waals surface area contributed by atoms with Crippen LogP contribution >= 0.6 is 0 Å². The fourth-order valence-corrected chi connectivity index (χ4v) is 11.3. The molecule has 1 unspecified atom stereocenters. The Morgan fingerprint density at radius 1 is 0.208 bits per heavy atom. The largest absolute Gasteiger partial charge is 0.462 e. The van der Waals surface area contributed by atoms with Gasteiger partial charge in [0.15, 0.2) is 6.10 Å². The fraction of sp³-hybridized carbons (Fsp3) is 0.958. The molecule has 0 aliphatic heterocycles. The smallest absolute Gasteiger partial charge is 0.306 e. The SMILES string of the molecule is CCCCCCCCCCCCCCCCCCCCCCCCCCCCCCC(=O)OCC(COC(=O)CCCCCCCCCCCCC)OC(=O)CCCCCCCCCCCCCCCCCCCCCC. The fourth-order valence-electron chi connectivity index (χ4n) is 11.3. The van der Waals surface area contributed by atoms with E-state index in [-0.39, 0.29) is 31.1 Å². The Morgan fingerprint density at radius 2 is 0.351 bits per heavy atom. The van der Waals surface area contributed by atoms with Crippen LogP contribution in [0, 0.1) is 0 Å². The molecule has 0 aliphatic carbocycles. The molecule has 0 saturated carbocycles. The zero-order chi connectivity index (χ0) is 55.7. The summed E-state index contributed by atoms with van der Waals surface area (Å²) in [6.45, 7) is 6.73. The molecule has 0 bridgehead atoms. The molecule has 0 amide bonds. The monoisotopic (exact) mass is 1090 g/mol. The van der Waals surface area contributed by atoms with Crippen molar-refractivity contribution < 1.29 is 28.6 Å². The van der Waals surface area contributed by atoms with Crippen LogP contribution in [0.15, 0.2) is 0 Å². The minimum atomic E-state index is -0.763. The first-order chi connectivity index (χ1) is 38.0. The quantitative estimate of drug-likeness (QED) is 0.0343. The minimum absolute atomic E-state index is 0.0604. The van der Waals surface area contributed by atoms with Crippen LogP contribution in [0.2, 0.25) is 0 Å². The van der Waals surface area contributed by atoms with Crippen LogP contribution in [0.1, 0.15) is 419 Å². The number of ether oxygens (including phenoxy) is 3. The first-order valence-electron chi connectivity index (χ1n) is 35.5. The molecule has 0 spiro atoms. The normalized spacial score (nSPS) is 11.9. The lowest BCUT2D eigenvalue weighted by Gasteiger charge is -2.18. The van der Waals surface area contributed by atoms with E-state index >= 15 is 0 Å². The third kappa shape index (κ3) is 65.1. The lowest BCUT2D eigenvalue weighted by atomic mass is 10.0.